The highest BCUT2D eigenvalue weighted by atomic mass is 16.2. The van der Waals surface area contributed by atoms with Gasteiger partial charge in [-0.2, -0.15) is 0 Å². The van der Waals surface area contributed by atoms with Crippen LogP contribution in [0, 0.1) is 0 Å². The van der Waals surface area contributed by atoms with Crippen LogP contribution < -0.4 is 0 Å². The predicted octanol–water partition coefficient (Wildman–Crippen LogP) is 2.73. The molecule has 0 saturated carbocycles. The topological polar surface area (TPSA) is 35.9 Å². The summed E-state index contributed by atoms with van der Waals surface area (Å²) in [6.07, 6.45) is 2.72. The van der Waals surface area contributed by atoms with E-state index >= 15 is 0 Å². The molecule has 4 heteroatoms. The van der Waals surface area contributed by atoms with Crippen molar-refractivity contribution in [3.8, 4) is 0 Å². The first-order valence-corrected chi connectivity index (χ1v) is 8.43. The fourth-order valence-corrected chi connectivity index (χ4v) is 3.34. The van der Waals surface area contributed by atoms with Gasteiger partial charge in [0.25, 0.3) is 5.91 Å². The van der Waals surface area contributed by atoms with Crippen molar-refractivity contribution in [3.63, 3.8) is 0 Å². The number of benzene rings is 2. The van der Waals surface area contributed by atoms with E-state index in [-0.39, 0.29) is 5.91 Å². The van der Waals surface area contributed by atoms with Crippen molar-refractivity contribution in [1.82, 2.24) is 9.80 Å². The van der Waals surface area contributed by atoms with Crippen LogP contribution in [-0.4, -0.2) is 55.1 Å². The number of nitrogens with zero attached hydrogens (tertiary/aromatic N) is 3. The predicted molar refractivity (Wildman–Crippen MR) is 96.3 cm³/mol. The van der Waals surface area contributed by atoms with Gasteiger partial charge in [0.05, 0.1) is 5.69 Å². The summed E-state index contributed by atoms with van der Waals surface area (Å²) in [5.74, 6) is 0.139. The summed E-state index contributed by atoms with van der Waals surface area (Å²) in [6, 6.07) is 14.2. The minimum Gasteiger partial charge on any atom is -0.336 e. The van der Waals surface area contributed by atoms with Gasteiger partial charge in [-0.05, 0) is 41.9 Å². The maximum Gasteiger partial charge on any atom is 0.253 e. The third kappa shape index (κ3) is 2.85. The standard InChI is InChI=1S/C20H21N3O/c1-22-8-10-23(11-9-22)20(24)16-6-7-17-14-21-19-5-3-2-4-15(19)12-18(17)13-16/h2-7,13-14H,8-12H2,1H3. The second-order valence-corrected chi connectivity index (χ2v) is 6.57. The third-order valence-corrected chi connectivity index (χ3v) is 4.90. The normalized spacial score (nSPS) is 17.1. The Labute approximate surface area is 142 Å². The Morgan fingerprint density at radius 3 is 2.62 bits per heavy atom. The van der Waals surface area contributed by atoms with Gasteiger partial charge in [-0.3, -0.25) is 9.79 Å². The number of amides is 1. The Morgan fingerprint density at radius 1 is 1.00 bits per heavy atom. The van der Waals surface area contributed by atoms with Gasteiger partial charge in [0.2, 0.25) is 0 Å². The van der Waals surface area contributed by atoms with E-state index in [4.69, 9.17) is 0 Å². The van der Waals surface area contributed by atoms with Crippen molar-refractivity contribution in [2.75, 3.05) is 33.2 Å². The Hall–Kier alpha value is -2.46. The molecule has 2 aromatic rings. The monoisotopic (exact) mass is 319 g/mol. The first-order chi connectivity index (χ1) is 11.7. The molecule has 1 amide bonds. The average Bonchev–Trinajstić information content (AvgIpc) is 2.80. The molecule has 0 aromatic heterocycles. The molecule has 1 saturated heterocycles. The molecule has 1 fully saturated rings. The molecule has 4 nitrogen and oxygen atoms in total. The van der Waals surface area contributed by atoms with Gasteiger partial charge in [-0.1, -0.05) is 24.3 Å². The minimum atomic E-state index is 0.139. The van der Waals surface area contributed by atoms with Crippen LogP contribution in [0.25, 0.3) is 0 Å². The lowest BCUT2D eigenvalue weighted by Gasteiger charge is -2.32. The van der Waals surface area contributed by atoms with Crippen LogP contribution in [0.3, 0.4) is 0 Å². The highest BCUT2D eigenvalue weighted by molar-refractivity contribution is 5.96. The van der Waals surface area contributed by atoms with Crippen molar-refractivity contribution >= 4 is 17.8 Å². The van der Waals surface area contributed by atoms with Crippen molar-refractivity contribution in [1.29, 1.82) is 0 Å². The first kappa shape index (κ1) is 15.1. The summed E-state index contributed by atoms with van der Waals surface area (Å²) in [7, 11) is 2.10. The van der Waals surface area contributed by atoms with Gasteiger partial charge >= 0.3 is 0 Å². The lowest BCUT2D eigenvalue weighted by atomic mass is 9.97. The van der Waals surface area contributed by atoms with Crippen molar-refractivity contribution in [2.45, 2.75) is 6.42 Å². The van der Waals surface area contributed by atoms with E-state index in [1.807, 2.05) is 47.5 Å². The van der Waals surface area contributed by atoms with Crippen molar-refractivity contribution < 1.29 is 4.79 Å². The summed E-state index contributed by atoms with van der Waals surface area (Å²) >= 11 is 0. The fourth-order valence-electron chi connectivity index (χ4n) is 3.34. The van der Waals surface area contributed by atoms with Crippen LogP contribution in [0.4, 0.5) is 5.69 Å². The van der Waals surface area contributed by atoms with E-state index in [0.717, 1.165) is 49.4 Å². The molecule has 24 heavy (non-hydrogen) atoms. The van der Waals surface area contributed by atoms with Crippen molar-refractivity contribution in [3.05, 3.63) is 64.7 Å². The summed E-state index contributed by atoms with van der Waals surface area (Å²) in [6.45, 7) is 3.49. The molecule has 0 radical (unpaired) electrons. The SMILES string of the molecule is CN1CCN(C(=O)c2ccc3c(c2)Cc2ccccc2N=C3)CC1. The van der Waals surface area contributed by atoms with Crippen molar-refractivity contribution in [2.24, 2.45) is 4.99 Å². The van der Waals surface area contributed by atoms with Gasteiger partial charge in [-0.15, -0.1) is 0 Å². The summed E-state index contributed by atoms with van der Waals surface area (Å²) in [5, 5.41) is 0. The first-order valence-electron chi connectivity index (χ1n) is 8.43. The maximum atomic E-state index is 12.8. The van der Waals surface area contributed by atoms with Gasteiger partial charge in [0, 0.05) is 44.4 Å². The molecule has 2 aliphatic heterocycles. The lowest BCUT2D eigenvalue weighted by Crippen LogP contribution is -2.47. The molecule has 0 unspecified atom stereocenters. The molecule has 2 heterocycles. The van der Waals surface area contributed by atoms with Gasteiger partial charge in [-0.25, -0.2) is 0 Å². The zero-order valence-corrected chi connectivity index (χ0v) is 13.9. The largest absolute Gasteiger partial charge is 0.336 e. The Bertz CT molecular complexity index is 804. The minimum absolute atomic E-state index is 0.139. The van der Waals surface area contributed by atoms with Gasteiger partial charge < -0.3 is 9.80 Å². The van der Waals surface area contributed by atoms with Crippen LogP contribution in [0.15, 0.2) is 47.5 Å². The molecule has 0 bridgehead atoms. The molecular weight excluding hydrogens is 298 g/mol. The molecule has 2 aromatic carbocycles. The number of fused-ring (bicyclic) bond motifs is 2. The van der Waals surface area contributed by atoms with E-state index in [2.05, 4.69) is 23.0 Å². The lowest BCUT2D eigenvalue weighted by molar-refractivity contribution is 0.0664. The van der Waals surface area contributed by atoms with E-state index in [9.17, 15) is 4.79 Å². The van der Waals surface area contributed by atoms with Crippen LogP contribution >= 0.6 is 0 Å². The average molecular weight is 319 g/mol. The fraction of sp³-hybridized carbons (Fsp3) is 0.300. The third-order valence-electron chi connectivity index (χ3n) is 4.90. The number of hydrogen-bond acceptors (Lipinski definition) is 3. The van der Waals surface area contributed by atoms with Crippen LogP contribution in [0.2, 0.25) is 0 Å². The number of piperazine rings is 1. The van der Waals surface area contributed by atoms with E-state index in [1.54, 1.807) is 0 Å². The second kappa shape index (κ2) is 6.21. The van der Waals surface area contributed by atoms with Crippen LogP contribution in [0.5, 0.6) is 0 Å². The molecule has 122 valence electrons. The Morgan fingerprint density at radius 2 is 1.79 bits per heavy atom. The summed E-state index contributed by atoms with van der Waals surface area (Å²) in [4.78, 5) is 21.6. The zero-order valence-electron chi connectivity index (χ0n) is 13.9. The number of para-hydroxylation sites is 1. The molecule has 2 aliphatic rings. The molecular formula is C20H21N3O. The molecule has 4 rings (SSSR count). The van der Waals surface area contributed by atoms with E-state index in [0.29, 0.717) is 0 Å². The smallest absolute Gasteiger partial charge is 0.253 e. The highest BCUT2D eigenvalue weighted by Gasteiger charge is 2.21. The number of aliphatic imine (C=N–C) groups is 1. The quantitative estimate of drug-likeness (QED) is 0.691. The Balaban J connectivity index is 1.62. The molecule has 0 atom stereocenters. The number of hydrogen-bond donors (Lipinski definition) is 0. The van der Waals surface area contributed by atoms with Crippen LogP contribution in [0.1, 0.15) is 27.0 Å². The van der Waals surface area contributed by atoms with Crippen LogP contribution in [-0.2, 0) is 6.42 Å². The highest BCUT2D eigenvalue weighted by Crippen LogP contribution is 2.27. The maximum absolute atomic E-state index is 12.8. The molecule has 0 spiro atoms. The number of carbonyl (C=O) groups excluding carboxylic acids is 1. The van der Waals surface area contributed by atoms with Gasteiger partial charge in [0.1, 0.15) is 0 Å². The van der Waals surface area contributed by atoms with Gasteiger partial charge in [0.15, 0.2) is 0 Å². The number of likely N-dealkylation sites (N-methyl/N-ethyl adjacent to an activating group) is 1. The molecule has 0 aliphatic carbocycles. The molecule has 0 N–H and O–H groups in total. The summed E-state index contributed by atoms with van der Waals surface area (Å²) in [5.41, 5.74) is 5.27. The zero-order chi connectivity index (χ0) is 16.5. The number of rotatable bonds is 1. The number of carbonyl (C=O) groups is 1. The Kier molecular flexibility index (Phi) is 3.90. The second-order valence-electron chi connectivity index (χ2n) is 6.57. The summed E-state index contributed by atoms with van der Waals surface area (Å²) < 4.78 is 0. The van der Waals surface area contributed by atoms with E-state index in [1.165, 1.54) is 11.1 Å². The van der Waals surface area contributed by atoms with E-state index < -0.39 is 0 Å².